The summed E-state index contributed by atoms with van der Waals surface area (Å²) in [5.41, 5.74) is 2.59. The van der Waals surface area contributed by atoms with Crippen LogP contribution in [0.4, 0.5) is 0 Å². The van der Waals surface area contributed by atoms with Crippen molar-refractivity contribution < 1.29 is 14.6 Å². The van der Waals surface area contributed by atoms with Gasteiger partial charge >= 0.3 is 0 Å². The lowest BCUT2D eigenvalue weighted by Crippen LogP contribution is -2.29. The molecule has 0 amide bonds. The first-order valence-electron chi connectivity index (χ1n) is 6.21. The molecular weight excluding hydrogens is 216 g/mol. The number of ether oxygens (including phenoxy) is 2. The molecule has 2 saturated heterocycles. The average Bonchev–Trinajstić information content (AvgIpc) is 2.87. The first kappa shape index (κ1) is 11.2. The standard InChI is InChI=1S/C14H18O3/c1-9-2-4-10(5-3-9)6-11-7-16-14-12(15)8-17-13(11)14/h2-5,11-15H,6-8H2,1H3/t11-,12-,13+,14+/m1/s1. The third kappa shape index (κ3) is 2.10. The summed E-state index contributed by atoms with van der Waals surface area (Å²) in [6, 6.07) is 8.59. The zero-order chi connectivity index (χ0) is 11.8. The summed E-state index contributed by atoms with van der Waals surface area (Å²) in [4.78, 5) is 0. The fraction of sp³-hybridized carbons (Fsp3) is 0.571. The Morgan fingerprint density at radius 2 is 1.82 bits per heavy atom. The minimum atomic E-state index is -0.442. The number of aliphatic hydroxyl groups excluding tert-OH is 1. The molecule has 2 aliphatic heterocycles. The van der Waals surface area contributed by atoms with Crippen LogP contribution in [0.1, 0.15) is 11.1 Å². The van der Waals surface area contributed by atoms with E-state index in [1.54, 1.807) is 0 Å². The second-order valence-corrected chi connectivity index (χ2v) is 5.11. The molecule has 1 aromatic rings. The predicted octanol–water partition coefficient (Wildman–Crippen LogP) is 1.31. The van der Waals surface area contributed by atoms with E-state index in [1.165, 1.54) is 11.1 Å². The van der Waals surface area contributed by atoms with Crippen LogP contribution >= 0.6 is 0 Å². The maximum atomic E-state index is 9.67. The Labute approximate surface area is 101 Å². The molecule has 2 heterocycles. The number of aryl methyl sites for hydroxylation is 1. The normalized spacial score (nSPS) is 36.1. The van der Waals surface area contributed by atoms with Gasteiger partial charge in [0.1, 0.15) is 12.2 Å². The van der Waals surface area contributed by atoms with Gasteiger partial charge in [-0.1, -0.05) is 29.8 Å². The van der Waals surface area contributed by atoms with Gasteiger partial charge in [-0.2, -0.15) is 0 Å². The molecule has 0 aliphatic carbocycles. The number of hydrogen-bond donors (Lipinski definition) is 1. The Kier molecular flexibility index (Phi) is 2.90. The lowest BCUT2D eigenvalue weighted by atomic mass is 9.93. The lowest BCUT2D eigenvalue weighted by Gasteiger charge is -2.15. The summed E-state index contributed by atoms with van der Waals surface area (Å²) >= 11 is 0. The van der Waals surface area contributed by atoms with Gasteiger partial charge in [0, 0.05) is 5.92 Å². The van der Waals surface area contributed by atoms with E-state index in [2.05, 4.69) is 31.2 Å². The maximum absolute atomic E-state index is 9.67. The Morgan fingerprint density at radius 1 is 1.12 bits per heavy atom. The minimum Gasteiger partial charge on any atom is -0.388 e. The Balaban J connectivity index is 1.68. The van der Waals surface area contributed by atoms with Crippen LogP contribution in [-0.4, -0.2) is 36.6 Å². The van der Waals surface area contributed by atoms with Gasteiger partial charge in [0.2, 0.25) is 0 Å². The highest BCUT2D eigenvalue weighted by atomic mass is 16.6. The van der Waals surface area contributed by atoms with Gasteiger partial charge < -0.3 is 14.6 Å². The number of fused-ring (bicyclic) bond motifs is 1. The number of rotatable bonds is 2. The minimum absolute atomic E-state index is 0.0753. The van der Waals surface area contributed by atoms with Crippen molar-refractivity contribution in [1.82, 2.24) is 0 Å². The summed E-state index contributed by atoms with van der Waals surface area (Å²) < 4.78 is 11.2. The zero-order valence-corrected chi connectivity index (χ0v) is 10.0. The fourth-order valence-electron chi connectivity index (χ4n) is 2.76. The van der Waals surface area contributed by atoms with Crippen LogP contribution in [0.2, 0.25) is 0 Å². The molecule has 0 unspecified atom stereocenters. The summed E-state index contributed by atoms with van der Waals surface area (Å²) in [5, 5.41) is 9.67. The quantitative estimate of drug-likeness (QED) is 0.838. The van der Waals surface area contributed by atoms with Crippen LogP contribution in [0.5, 0.6) is 0 Å². The summed E-state index contributed by atoms with van der Waals surface area (Å²) in [5.74, 6) is 0.375. The first-order chi connectivity index (χ1) is 8.24. The topological polar surface area (TPSA) is 38.7 Å². The van der Waals surface area contributed by atoms with Gasteiger partial charge in [-0.25, -0.2) is 0 Å². The lowest BCUT2D eigenvalue weighted by molar-refractivity contribution is 0.0169. The van der Waals surface area contributed by atoms with Crippen LogP contribution in [0.15, 0.2) is 24.3 Å². The molecule has 92 valence electrons. The Bertz CT molecular complexity index is 387. The van der Waals surface area contributed by atoms with E-state index >= 15 is 0 Å². The highest BCUT2D eigenvalue weighted by Gasteiger charge is 2.46. The molecule has 3 rings (SSSR count). The largest absolute Gasteiger partial charge is 0.388 e. The molecule has 17 heavy (non-hydrogen) atoms. The number of hydrogen-bond acceptors (Lipinski definition) is 3. The molecule has 0 aromatic heterocycles. The highest BCUT2D eigenvalue weighted by Crippen LogP contribution is 2.33. The van der Waals surface area contributed by atoms with Gasteiger partial charge in [0.25, 0.3) is 0 Å². The van der Waals surface area contributed by atoms with Crippen molar-refractivity contribution >= 4 is 0 Å². The van der Waals surface area contributed by atoms with Crippen LogP contribution in [0, 0.1) is 12.8 Å². The first-order valence-corrected chi connectivity index (χ1v) is 6.21. The third-order valence-corrected chi connectivity index (χ3v) is 3.75. The molecule has 2 fully saturated rings. The average molecular weight is 234 g/mol. The second-order valence-electron chi connectivity index (χ2n) is 5.11. The predicted molar refractivity (Wildman–Crippen MR) is 63.9 cm³/mol. The molecule has 3 nitrogen and oxygen atoms in total. The van der Waals surface area contributed by atoms with Gasteiger partial charge in [0.15, 0.2) is 0 Å². The van der Waals surface area contributed by atoms with E-state index in [-0.39, 0.29) is 12.2 Å². The Hall–Kier alpha value is -0.900. The Morgan fingerprint density at radius 3 is 2.59 bits per heavy atom. The van der Waals surface area contributed by atoms with Gasteiger partial charge in [-0.3, -0.25) is 0 Å². The van der Waals surface area contributed by atoms with E-state index in [0.29, 0.717) is 19.1 Å². The van der Waals surface area contributed by atoms with Crippen molar-refractivity contribution in [2.45, 2.75) is 31.7 Å². The maximum Gasteiger partial charge on any atom is 0.112 e. The van der Waals surface area contributed by atoms with Gasteiger partial charge in [-0.15, -0.1) is 0 Å². The van der Waals surface area contributed by atoms with Crippen molar-refractivity contribution in [3.63, 3.8) is 0 Å². The van der Waals surface area contributed by atoms with Crippen molar-refractivity contribution in [2.24, 2.45) is 5.92 Å². The van der Waals surface area contributed by atoms with Gasteiger partial charge in [0.05, 0.1) is 19.3 Å². The molecule has 0 spiro atoms. The second kappa shape index (κ2) is 4.41. The van der Waals surface area contributed by atoms with Crippen LogP contribution in [0.25, 0.3) is 0 Å². The summed E-state index contributed by atoms with van der Waals surface area (Å²) in [7, 11) is 0. The van der Waals surface area contributed by atoms with Crippen molar-refractivity contribution in [3.8, 4) is 0 Å². The summed E-state index contributed by atoms with van der Waals surface area (Å²) in [6.07, 6.45) is 0.494. The molecule has 1 N–H and O–H groups in total. The molecular formula is C14H18O3. The van der Waals surface area contributed by atoms with Crippen molar-refractivity contribution in [1.29, 1.82) is 0 Å². The number of benzene rings is 1. The molecule has 1 aromatic carbocycles. The third-order valence-electron chi connectivity index (χ3n) is 3.75. The molecule has 0 bridgehead atoms. The van der Waals surface area contributed by atoms with E-state index in [0.717, 1.165) is 6.42 Å². The van der Waals surface area contributed by atoms with Crippen LogP contribution < -0.4 is 0 Å². The SMILES string of the molecule is Cc1ccc(C[C@@H]2CO[C@@H]3[C@H]2OC[C@H]3O)cc1. The molecule has 4 atom stereocenters. The van der Waals surface area contributed by atoms with E-state index in [4.69, 9.17) is 9.47 Å². The van der Waals surface area contributed by atoms with Gasteiger partial charge in [-0.05, 0) is 18.9 Å². The van der Waals surface area contributed by atoms with E-state index in [1.807, 2.05) is 0 Å². The van der Waals surface area contributed by atoms with E-state index < -0.39 is 6.10 Å². The zero-order valence-electron chi connectivity index (χ0n) is 10.0. The van der Waals surface area contributed by atoms with Crippen LogP contribution in [-0.2, 0) is 15.9 Å². The molecule has 0 radical (unpaired) electrons. The smallest absolute Gasteiger partial charge is 0.112 e. The number of aliphatic hydroxyl groups is 1. The molecule has 3 heteroatoms. The fourth-order valence-corrected chi connectivity index (χ4v) is 2.76. The van der Waals surface area contributed by atoms with Crippen LogP contribution in [0.3, 0.4) is 0 Å². The molecule has 0 saturated carbocycles. The van der Waals surface area contributed by atoms with Crippen molar-refractivity contribution in [2.75, 3.05) is 13.2 Å². The highest BCUT2D eigenvalue weighted by molar-refractivity contribution is 5.22. The van der Waals surface area contributed by atoms with E-state index in [9.17, 15) is 5.11 Å². The van der Waals surface area contributed by atoms with Crippen molar-refractivity contribution in [3.05, 3.63) is 35.4 Å². The monoisotopic (exact) mass is 234 g/mol. The summed E-state index contributed by atoms with van der Waals surface area (Å²) in [6.45, 7) is 3.20. The molecule has 2 aliphatic rings.